The molecule has 0 aliphatic heterocycles. The second-order valence-corrected chi connectivity index (χ2v) is 6.20. The Balaban J connectivity index is 1.48. The van der Waals surface area contributed by atoms with Gasteiger partial charge in [-0.15, -0.1) is 0 Å². The largest absolute Gasteiger partial charge is 0.381 e. The lowest BCUT2D eigenvalue weighted by Crippen LogP contribution is -2.26. The summed E-state index contributed by atoms with van der Waals surface area (Å²) in [5.74, 6) is 0.770. The minimum absolute atomic E-state index is 0.625. The predicted molar refractivity (Wildman–Crippen MR) is 67.6 cm³/mol. The zero-order valence-corrected chi connectivity index (χ0v) is 10.9. The molecule has 2 fully saturated rings. The van der Waals surface area contributed by atoms with Crippen molar-refractivity contribution in [3.05, 3.63) is 0 Å². The summed E-state index contributed by atoms with van der Waals surface area (Å²) in [5, 5.41) is 3.66. The van der Waals surface area contributed by atoms with Crippen molar-refractivity contribution in [3.63, 3.8) is 0 Å². The number of ether oxygens (including phenoxy) is 1. The third-order valence-electron chi connectivity index (χ3n) is 3.92. The van der Waals surface area contributed by atoms with Crippen molar-refractivity contribution in [2.24, 2.45) is 11.3 Å². The fourth-order valence-corrected chi connectivity index (χ4v) is 2.05. The Morgan fingerprint density at radius 3 is 2.56 bits per heavy atom. The molecular formula is C14H27NO. The number of rotatable bonds is 9. The quantitative estimate of drug-likeness (QED) is 0.609. The highest BCUT2D eigenvalue weighted by molar-refractivity contribution is 4.96. The molecular weight excluding hydrogens is 198 g/mol. The van der Waals surface area contributed by atoms with Gasteiger partial charge in [0.15, 0.2) is 0 Å². The fourth-order valence-electron chi connectivity index (χ4n) is 2.05. The Hall–Kier alpha value is -0.0800. The molecule has 0 amide bonds. The Morgan fingerprint density at radius 2 is 2.00 bits per heavy atom. The van der Waals surface area contributed by atoms with Gasteiger partial charge in [0.05, 0.1) is 0 Å². The zero-order chi connectivity index (χ0) is 11.4. The van der Waals surface area contributed by atoms with Crippen molar-refractivity contribution in [1.29, 1.82) is 0 Å². The molecule has 1 N–H and O–H groups in total. The molecule has 2 aliphatic carbocycles. The molecule has 2 aliphatic rings. The van der Waals surface area contributed by atoms with E-state index in [2.05, 4.69) is 19.2 Å². The minimum Gasteiger partial charge on any atom is -0.381 e. The first-order valence-corrected chi connectivity index (χ1v) is 7.01. The Morgan fingerprint density at radius 1 is 1.25 bits per heavy atom. The first-order valence-electron chi connectivity index (χ1n) is 7.01. The summed E-state index contributed by atoms with van der Waals surface area (Å²) in [4.78, 5) is 0. The van der Waals surface area contributed by atoms with Crippen LogP contribution in [0.4, 0.5) is 0 Å². The smallest absolute Gasteiger partial charge is 0.0471 e. The van der Waals surface area contributed by atoms with Crippen LogP contribution in [0, 0.1) is 11.3 Å². The van der Waals surface area contributed by atoms with Gasteiger partial charge in [0.1, 0.15) is 0 Å². The SMILES string of the molecule is CC(C)CCOCCC1(CNC2CC2)CC1. The van der Waals surface area contributed by atoms with Crippen LogP contribution in [0.25, 0.3) is 0 Å². The van der Waals surface area contributed by atoms with E-state index in [1.807, 2.05) is 0 Å². The lowest BCUT2D eigenvalue weighted by atomic mass is 10.0. The highest BCUT2D eigenvalue weighted by Gasteiger charge is 2.42. The molecule has 2 rings (SSSR count). The summed E-state index contributed by atoms with van der Waals surface area (Å²) in [7, 11) is 0. The van der Waals surface area contributed by atoms with Crippen LogP contribution in [0.15, 0.2) is 0 Å². The monoisotopic (exact) mass is 225 g/mol. The van der Waals surface area contributed by atoms with Crippen LogP contribution in [0.2, 0.25) is 0 Å². The molecule has 0 radical (unpaired) electrons. The molecule has 0 bridgehead atoms. The molecule has 2 nitrogen and oxygen atoms in total. The molecule has 0 saturated heterocycles. The van der Waals surface area contributed by atoms with Gasteiger partial charge in [-0.25, -0.2) is 0 Å². The molecule has 0 spiro atoms. The molecule has 2 heteroatoms. The van der Waals surface area contributed by atoms with Gasteiger partial charge in [-0.05, 0) is 49.9 Å². The third-order valence-corrected chi connectivity index (χ3v) is 3.92. The molecule has 16 heavy (non-hydrogen) atoms. The summed E-state index contributed by atoms with van der Waals surface area (Å²) in [6.45, 7) is 7.67. The van der Waals surface area contributed by atoms with Crippen LogP contribution in [-0.2, 0) is 4.74 Å². The summed E-state index contributed by atoms with van der Waals surface area (Å²) in [6.07, 6.45) is 8.11. The zero-order valence-electron chi connectivity index (χ0n) is 10.9. The van der Waals surface area contributed by atoms with E-state index in [0.29, 0.717) is 5.41 Å². The first kappa shape index (κ1) is 12.4. The number of hydrogen-bond donors (Lipinski definition) is 1. The van der Waals surface area contributed by atoms with Gasteiger partial charge in [-0.1, -0.05) is 13.8 Å². The molecule has 0 heterocycles. The van der Waals surface area contributed by atoms with Gasteiger partial charge >= 0.3 is 0 Å². The lowest BCUT2D eigenvalue weighted by molar-refractivity contribution is 0.107. The van der Waals surface area contributed by atoms with Gasteiger partial charge in [0, 0.05) is 25.8 Å². The molecule has 94 valence electrons. The van der Waals surface area contributed by atoms with Gasteiger partial charge < -0.3 is 10.1 Å². The maximum Gasteiger partial charge on any atom is 0.0471 e. The average molecular weight is 225 g/mol. The average Bonchev–Trinajstić information content (AvgIpc) is 3.11. The van der Waals surface area contributed by atoms with Crippen molar-refractivity contribution < 1.29 is 4.74 Å². The van der Waals surface area contributed by atoms with Gasteiger partial charge in [-0.3, -0.25) is 0 Å². The van der Waals surface area contributed by atoms with Gasteiger partial charge in [0.2, 0.25) is 0 Å². The first-order chi connectivity index (χ1) is 7.70. The number of hydrogen-bond acceptors (Lipinski definition) is 2. The predicted octanol–water partition coefficient (Wildman–Crippen LogP) is 2.97. The molecule has 0 unspecified atom stereocenters. The fraction of sp³-hybridized carbons (Fsp3) is 1.00. The van der Waals surface area contributed by atoms with E-state index in [1.54, 1.807) is 0 Å². The Bertz CT molecular complexity index is 207. The topological polar surface area (TPSA) is 21.3 Å². The summed E-state index contributed by atoms with van der Waals surface area (Å²) < 4.78 is 5.71. The van der Waals surface area contributed by atoms with Crippen LogP contribution in [-0.4, -0.2) is 25.8 Å². The maximum atomic E-state index is 5.71. The van der Waals surface area contributed by atoms with Gasteiger partial charge in [0.25, 0.3) is 0 Å². The second-order valence-electron chi connectivity index (χ2n) is 6.20. The molecule has 0 aromatic heterocycles. The lowest BCUT2D eigenvalue weighted by Gasteiger charge is -2.16. The minimum atomic E-state index is 0.625. The highest BCUT2D eigenvalue weighted by Crippen LogP contribution is 2.48. The van der Waals surface area contributed by atoms with Crippen LogP contribution >= 0.6 is 0 Å². The second kappa shape index (κ2) is 5.50. The standard InChI is InChI=1S/C14H27NO/c1-12(2)5-9-16-10-8-14(6-7-14)11-15-13-3-4-13/h12-13,15H,3-11H2,1-2H3. The molecule has 2 saturated carbocycles. The molecule has 0 atom stereocenters. The van der Waals surface area contributed by atoms with Crippen LogP contribution in [0.3, 0.4) is 0 Å². The van der Waals surface area contributed by atoms with E-state index < -0.39 is 0 Å². The highest BCUT2D eigenvalue weighted by atomic mass is 16.5. The maximum absolute atomic E-state index is 5.71. The van der Waals surface area contributed by atoms with Crippen molar-refractivity contribution in [2.75, 3.05) is 19.8 Å². The Labute approximate surface area is 100 Å². The summed E-state index contributed by atoms with van der Waals surface area (Å²) >= 11 is 0. The van der Waals surface area contributed by atoms with Crippen molar-refractivity contribution >= 4 is 0 Å². The summed E-state index contributed by atoms with van der Waals surface area (Å²) in [6, 6.07) is 0.860. The van der Waals surface area contributed by atoms with Crippen LogP contribution in [0.1, 0.15) is 52.4 Å². The molecule has 0 aromatic carbocycles. The Kier molecular flexibility index (Phi) is 4.26. The van der Waals surface area contributed by atoms with E-state index in [1.165, 1.54) is 45.1 Å². The van der Waals surface area contributed by atoms with E-state index in [-0.39, 0.29) is 0 Å². The van der Waals surface area contributed by atoms with Crippen LogP contribution < -0.4 is 5.32 Å². The van der Waals surface area contributed by atoms with E-state index in [4.69, 9.17) is 4.74 Å². The van der Waals surface area contributed by atoms with E-state index in [9.17, 15) is 0 Å². The van der Waals surface area contributed by atoms with Crippen molar-refractivity contribution in [1.82, 2.24) is 5.32 Å². The normalized spacial score (nSPS) is 22.7. The van der Waals surface area contributed by atoms with Gasteiger partial charge in [-0.2, -0.15) is 0 Å². The number of nitrogens with one attached hydrogen (secondary N) is 1. The van der Waals surface area contributed by atoms with Crippen molar-refractivity contribution in [3.8, 4) is 0 Å². The van der Waals surface area contributed by atoms with E-state index >= 15 is 0 Å². The summed E-state index contributed by atoms with van der Waals surface area (Å²) in [5.41, 5.74) is 0.625. The third kappa shape index (κ3) is 4.42. The van der Waals surface area contributed by atoms with Crippen molar-refractivity contribution in [2.45, 2.75) is 58.4 Å². The van der Waals surface area contributed by atoms with E-state index in [0.717, 1.165) is 25.2 Å². The van der Waals surface area contributed by atoms with Crippen LogP contribution in [0.5, 0.6) is 0 Å². The molecule has 0 aromatic rings.